The maximum absolute atomic E-state index is 14.1. The quantitative estimate of drug-likeness (QED) is 0.245. The van der Waals surface area contributed by atoms with Gasteiger partial charge in [-0.25, -0.2) is 13.8 Å². The molecule has 3 rings (SSSR count). The van der Waals surface area contributed by atoms with Crippen LogP contribution in [0.4, 0.5) is 14.6 Å². The minimum atomic E-state index is -1.19. The molecular formula is C23H20F2IN3O2S. The Kier molecular flexibility index (Phi) is 7.73. The monoisotopic (exact) mass is 567 g/mol. The van der Waals surface area contributed by atoms with E-state index in [2.05, 4.69) is 32.8 Å². The van der Waals surface area contributed by atoms with Crippen molar-refractivity contribution in [1.82, 2.24) is 8.87 Å². The highest BCUT2D eigenvalue weighted by atomic mass is 127. The molecule has 0 atom stereocenters. The third-order valence-electron chi connectivity index (χ3n) is 4.65. The molecule has 0 aliphatic heterocycles. The molecule has 0 radical (unpaired) electrons. The van der Waals surface area contributed by atoms with Gasteiger partial charge in [-0.05, 0) is 35.4 Å². The highest BCUT2D eigenvalue weighted by molar-refractivity contribution is 14.2. The topological polar surface area (TPSA) is 46.8 Å². The average Bonchev–Trinajstić information content (AvgIpc) is 3.21. The van der Waals surface area contributed by atoms with E-state index in [-0.39, 0.29) is 11.1 Å². The number of allylic oxidation sites excluding steroid dienone is 1. The van der Waals surface area contributed by atoms with E-state index >= 15 is 0 Å². The van der Waals surface area contributed by atoms with Gasteiger partial charge in [-0.3, -0.25) is 8.77 Å². The lowest BCUT2D eigenvalue weighted by Crippen LogP contribution is -2.23. The molecule has 5 nitrogen and oxygen atoms in total. The molecule has 32 heavy (non-hydrogen) atoms. The van der Waals surface area contributed by atoms with Crippen LogP contribution in [0.15, 0.2) is 60.2 Å². The van der Waals surface area contributed by atoms with Gasteiger partial charge in [0.1, 0.15) is 11.6 Å². The lowest BCUT2D eigenvalue weighted by molar-refractivity contribution is 0.0822. The van der Waals surface area contributed by atoms with Crippen molar-refractivity contribution in [2.45, 2.75) is 0 Å². The van der Waals surface area contributed by atoms with E-state index in [0.717, 1.165) is 22.9 Å². The first-order valence-corrected chi connectivity index (χ1v) is 12.7. The molecule has 0 aliphatic rings. The first kappa shape index (κ1) is 24.0. The Bertz CT molecular complexity index is 1210. The zero-order valence-electron chi connectivity index (χ0n) is 17.6. The van der Waals surface area contributed by atoms with E-state index in [9.17, 15) is 13.6 Å². The largest absolute Gasteiger partial charge is 0.496 e. The van der Waals surface area contributed by atoms with Crippen molar-refractivity contribution in [3.8, 4) is 16.9 Å². The summed E-state index contributed by atoms with van der Waals surface area (Å²) in [4.78, 5) is 17.8. The normalized spacial score (nSPS) is 11.1. The van der Waals surface area contributed by atoms with E-state index in [1.54, 1.807) is 7.11 Å². The SMILES string of the molecule is C=C(/C=N\c1cc(-c2ccccc2OC)cn1SI)c1cc(F)c(F)c(C(=O)N(C)C)c1. The van der Waals surface area contributed by atoms with Crippen LogP contribution in [0.3, 0.4) is 0 Å². The summed E-state index contributed by atoms with van der Waals surface area (Å²) in [5, 5.41) is 0. The van der Waals surface area contributed by atoms with E-state index in [0.29, 0.717) is 11.4 Å². The van der Waals surface area contributed by atoms with Gasteiger partial charge in [-0.1, -0.05) is 24.8 Å². The number of hydrogen-bond acceptors (Lipinski definition) is 4. The van der Waals surface area contributed by atoms with Gasteiger partial charge in [0, 0.05) is 68.0 Å². The second kappa shape index (κ2) is 10.3. The van der Waals surface area contributed by atoms with Crippen molar-refractivity contribution < 1.29 is 18.3 Å². The van der Waals surface area contributed by atoms with Crippen molar-refractivity contribution in [3.63, 3.8) is 0 Å². The highest BCUT2D eigenvalue weighted by Crippen LogP contribution is 2.36. The second-order valence-electron chi connectivity index (χ2n) is 6.98. The summed E-state index contributed by atoms with van der Waals surface area (Å²) < 4.78 is 35.5. The van der Waals surface area contributed by atoms with Gasteiger partial charge in [0.15, 0.2) is 11.6 Å². The van der Waals surface area contributed by atoms with Gasteiger partial charge in [0.2, 0.25) is 0 Å². The van der Waals surface area contributed by atoms with E-state index in [1.165, 1.54) is 40.4 Å². The smallest absolute Gasteiger partial charge is 0.256 e. The Balaban J connectivity index is 1.94. The van der Waals surface area contributed by atoms with Gasteiger partial charge in [-0.15, -0.1) is 0 Å². The fraction of sp³-hybridized carbons (Fsp3) is 0.130. The Morgan fingerprint density at radius 2 is 1.97 bits per heavy atom. The molecular weight excluding hydrogens is 547 g/mol. The number of ether oxygens (including phenoxy) is 1. The van der Waals surface area contributed by atoms with E-state index in [1.807, 2.05) is 40.5 Å². The number of hydrogen-bond donors (Lipinski definition) is 0. The molecule has 0 N–H and O–H groups in total. The summed E-state index contributed by atoms with van der Waals surface area (Å²) in [5.74, 6) is -1.58. The lowest BCUT2D eigenvalue weighted by atomic mass is 10.0. The summed E-state index contributed by atoms with van der Waals surface area (Å²) in [6, 6.07) is 11.8. The number of aromatic nitrogens is 1. The number of halogens is 3. The van der Waals surface area contributed by atoms with Crippen LogP contribution in [0.25, 0.3) is 16.7 Å². The number of benzene rings is 2. The first-order valence-electron chi connectivity index (χ1n) is 9.35. The molecule has 0 unspecified atom stereocenters. The number of amides is 1. The van der Waals surface area contributed by atoms with Gasteiger partial charge in [0.05, 0.1) is 12.7 Å². The molecule has 0 bridgehead atoms. The Labute approximate surface area is 201 Å². The third-order valence-corrected chi connectivity index (χ3v) is 6.36. The third kappa shape index (κ3) is 5.04. The predicted octanol–water partition coefficient (Wildman–Crippen LogP) is 6.41. The van der Waals surface area contributed by atoms with Gasteiger partial charge < -0.3 is 9.64 Å². The number of rotatable bonds is 7. The van der Waals surface area contributed by atoms with Crippen LogP contribution in [-0.4, -0.2) is 42.2 Å². The second-order valence-corrected chi connectivity index (χ2v) is 8.70. The zero-order chi connectivity index (χ0) is 23.4. The van der Waals surface area contributed by atoms with Crippen LogP contribution in [0.5, 0.6) is 5.75 Å². The molecule has 0 saturated carbocycles. The van der Waals surface area contributed by atoms with Crippen molar-refractivity contribution in [2.75, 3.05) is 21.2 Å². The number of carbonyl (C=O) groups is 1. The number of nitrogens with zero attached hydrogens (tertiary/aromatic N) is 3. The maximum Gasteiger partial charge on any atom is 0.256 e. The molecule has 9 heteroatoms. The maximum atomic E-state index is 14.1. The number of aliphatic imine (C=N–C) groups is 1. The lowest BCUT2D eigenvalue weighted by Gasteiger charge is -2.12. The highest BCUT2D eigenvalue weighted by Gasteiger charge is 2.19. The molecule has 1 heterocycles. The average molecular weight is 567 g/mol. The fourth-order valence-corrected chi connectivity index (χ4v) is 4.27. The molecule has 1 amide bonds. The van der Waals surface area contributed by atoms with E-state index < -0.39 is 17.5 Å². The standard InChI is InChI=1S/C23H20F2IN3O2S/c1-14(15-9-18(23(30)28(2)3)22(25)19(24)10-15)12-27-21-11-16(13-29(21)32-26)17-7-5-6-8-20(17)31-4/h5-13H,1H2,2-4H3/b27-12-. The zero-order valence-corrected chi connectivity index (χ0v) is 20.6. The summed E-state index contributed by atoms with van der Waals surface area (Å²) in [5.41, 5.74) is 2.08. The minimum absolute atomic E-state index is 0.267. The minimum Gasteiger partial charge on any atom is -0.496 e. The molecule has 166 valence electrons. The van der Waals surface area contributed by atoms with Crippen LogP contribution >= 0.6 is 30.3 Å². The Morgan fingerprint density at radius 1 is 1.25 bits per heavy atom. The molecule has 0 spiro atoms. The van der Waals surface area contributed by atoms with Crippen molar-refractivity contribution in [2.24, 2.45) is 4.99 Å². The number of methoxy groups -OCH3 is 1. The molecule has 1 aromatic heterocycles. The van der Waals surface area contributed by atoms with Crippen LogP contribution < -0.4 is 4.74 Å². The molecule has 3 aromatic rings. The Hall–Kier alpha value is -2.66. The fourth-order valence-electron chi connectivity index (χ4n) is 3.00. The van der Waals surface area contributed by atoms with Crippen LogP contribution in [0.2, 0.25) is 0 Å². The van der Waals surface area contributed by atoms with Crippen molar-refractivity contribution in [1.29, 1.82) is 0 Å². The van der Waals surface area contributed by atoms with E-state index in [4.69, 9.17) is 4.74 Å². The molecule has 2 aromatic carbocycles. The summed E-state index contributed by atoms with van der Waals surface area (Å²) in [6.07, 6.45) is 3.39. The first-order chi connectivity index (χ1) is 15.3. The number of para-hydroxylation sites is 1. The number of carbonyl (C=O) groups excluding carboxylic acids is 1. The molecule has 0 aliphatic carbocycles. The molecule has 0 fully saturated rings. The summed E-state index contributed by atoms with van der Waals surface area (Å²) in [7, 11) is 5.98. The van der Waals surface area contributed by atoms with Gasteiger partial charge >= 0.3 is 0 Å². The Morgan fingerprint density at radius 3 is 2.62 bits per heavy atom. The van der Waals surface area contributed by atoms with Crippen molar-refractivity contribution >= 4 is 53.8 Å². The van der Waals surface area contributed by atoms with Crippen LogP contribution in [0.1, 0.15) is 15.9 Å². The van der Waals surface area contributed by atoms with Crippen LogP contribution in [-0.2, 0) is 0 Å². The predicted molar refractivity (Wildman–Crippen MR) is 135 cm³/mol. The molecule has 0 saturated heterocycles. The van der Waals surface area contributed by atoms with Crippen molar-refractivity contribution in [3.05, 3.63) is 78.0 Å². The summed E-state index contributed by atoms with van der Waals surface area (Å²) in [6.45, 7) is 3.90. The van der Waals surface area contributed by atoms with Crippen LogP contribution in [0, 0.1) is 11.6 Å². The summed E-state index contributed by atoms with van der Waals surface area (Å²) >= 11 is 2.14. The van der Waals surface area contributed by atoms with Gasteiger partial charge in [0.25, 0.3) is 5.91 Å². The van der Waals surface area contributed by atoms with Gasteiger partial charge in [-0.2, -0.15) is 0 Å².